The molecule has 3 N–H and O–H groups in total. The largest absolute Gasteiger partial charge is 0.358 e. The zero-order chi connectivity index (χ0) is 16.4. The average Bonchev–Trinajstić information content (AvgIpc) is 2.75. The van der Waals surface area contributed by atoms with E-state index in [1.807, 2.05) is 24.3 Å². The fourth-order valence-corrected chi connectivity index (χ4v) is 3.32. The molecule has 22 heavy (non-hydrogen) atoms. The molecular weight excluding hydrogens is 292 g/mol. The van der Waals surface area contributed by atoms with Gasteiger partial charge in [-0.05, 0) is 50.0 Å². The average molecular weight is 318 g/mol. The molecule has 1 aromatic carbocycles. The van der Waals surface area contributed by atoms with Crippen molar-refractivity contribution in [2.45, 2.75) is 53.1 Å². The number of rotatable bonds is 4. The molecule has 0 saturated heterocycles. The summed E-state index contributed by atoms with van der Waals surface area (Å²) in [5, 5.41) is 7.29. The molecule has 0 radical (unpaired) electrons. The van der Waals surface area contributed by atoms with Gasteiger partial charge >= 0.3 is 0 Å². The second kappa shape index (κ2) is 6.24. The number of nitrogens with zero attached hydrogens (tertiary/aromatic N) is 1. The summed E-state index contributed by atoms with van der Waals surface area (Å²) in [4.78, 5) is 7.83. The number of aromatic nitrogens is 2. The maximum atomic E-state index is 5.41. The van der Waals surface area contributed by atoms with Crippen LogP contribution in [0.3, 0.4) is 0 Å². The van der Waals surface area contributed by atoms with Crippen LogP contribution in [-0.2, 0) is 6.54 Å². The number of benzene rings is 1. The normalized spacial score (nSPS) is 12.4. The molecule has 4 nitrogen and oxygen atoms in total. The van der Waals surface area contributed by atoms with Gasteiger partial charge in [-0.2, -0.15) is 0 Å². The summed E-state index contributed by atoms with van der Waals surface area (Å²) in [6.45, 7) is 11.6. The molecule has 0 saturated carbocycles. The van der Waals surface area contributed by atoms with Gasteiger partial charge in [-0.1, -0.05) is 32.9 Å². The zero-order valence-electron chi connectivity index (χ0n) is 14.1. The lowest BCUT2D eigenvalue weighted by Gasteiger charge is -2.34. The Balaban J connectivity index is 1.89. The van der Waals surface area contributed by atoms with Crippen LogP contribution < -0.4 is 10.6 Å². The molecule has 2 aromatic rings. The van der Waals surface area contributed by atoms with E-state index in [2.05, 4.69) is 55.2 Å². The minimum absolute atomic E-state index is 0.0454. The summed E-state index contributed by atoms with van der Waals surface area (Å²) in [5.41, 5.74) is 2.23. The monoisotopic (exact) mass is 318 g/mol. The SMILES string of the molecule is CC(C)(C)CC(C)(C)NC(=S)NCc1nc2ccccc2[nH]1. The number of hydrogen-bond acceptors (Lipinski definition) is 2. The van der Waals surface area contributed by atoms with Gasteiger partial charge in [0.1, 0.15) is 5.82 Å². The molecule has 0 spiro atoms. The van der Waals surface area contributed by atoms with Crippen LogP contribution in [0.4, 0.5) is 0 Å². The molecule has 0 unspecified atom stereocenters. The number of fused-ring (bicyclic) bond motifs is 1. The van der Waals surface area contributed by atoms with Crippen molar-refractivity contribution >= 4 is 28.4 Å². The summed E-state index contributed by atoms with van der Waals surface area (Å²) in [6, 6.07) is 8.01. The molecule has 0 aliphatic heterocycles. The lowest BCUT2D eigenvalue weighted by atomic mass is 9.82. The molecule has 0 atom stereocenters. The summed E-state index contributed by atoms with van der Waals surface area (Å²) in [5.74, 6) is 0.888. The first kappa shape index (κ1) is 16.7. The lowest BCUT2D eigenvalue weighted by molar-refractivity contribution is 0.266. The number of hydrogen-bond donors (Lipinski definition) is 3. The van der Waals surface area contributed by atoms with E-state index in [-0.39, 0.29) is 11.0 Å². The number of nitrogens with one attached hydrogen (secondary N) is 3. The highest BCUT2D eigenvalue weighted by atomic mass is 32.1. The molecule has 1 heterocycles. The smallest absolute Gasteiger partial charge is 0.167 e. The highest BCUT2D eigenvalue weighted by molar-refractivity contribution is 7.80. The van der Waals surface area contributed by atoms with Gasteiger partial charge in [0, 0.05) is 5.54 Å². The van der Waals surface area contributed by atoms with E-state index in [1.54, 1.807) is 0 Å². The Labute approximate surface area is 138 Å². The van der Waals surface area contributed by atoms with Crippen LogP contribution in [0.2, 0.25) is 0 Å². The van der Waals surface area contributed by atoms with Crippen LogP contribution in [0, 0.1) is 5.41 Å². The van der Waals surface area contributed by atoms with Gasteiger partial charge in [0.15, 0.2) is 5.11 Å². The Bertz CT molecular complexity index is 619. The van der Waals surface area contributed by atoms with E-state index in [4.69, 9.17) is 12.2 Å². The van der Waals surface area contributed by atoms with Gasteiger partial charge in [0.05, 0.1) is 17.6 Å². The molecule has 1 aromatic heterocycles. The predicted molar refractivity (Wildman–Crippen MR) is 96.8 cm³/mol. The second-order valence-corrected chi connectivity index (χ2v) is 8.04. The maximum absolute atomic E-state index is 5.41. The standard InChI is InChI=1S/C17H26N4S/c1-16(2,3)11-17(4,5)21-15(22)18-10-14-19-12-8-6-7-9-13(12)20-14/h6-9H,10-11H2,1-5H3,(H,19,20)(H2,18,21,22). The molecule has 2 rings (SSSR count). The van der Waals surface area contributed by atoms with Crippen molar-refractivity contribution in [1.82, 2.24) is 20.6 Å². The fraction of sp³-hybridized carbons (Fsp3) is 0.529. The fourth-order valence-electron chi connectivity index (χ4n) is 2.97. The summed E-state index contributed by atoms with van der Waals surface area (Å²) < 4.78 is 0. The van der Waals surface area contributed by atoms with E-state index in [0.29, 0.717) is 11.7 Å². The van der Waals surface area contributed by atoms with E-state index in [0.717, 1.165) is 23.3 Å². The third-order valence-electron chi connectivity index (χ3n) is 3.28. The Morgan fingerprint density at radius 1 is 1.18 bits per heavy atom. The summed E-state index contributed by atoms with van der Waals surface area (Å²) in [7, 11) is 0. The van der Waals surface area contributed by atoms with Crippen LogP contribution in [0.25, 0.3) is 11.0 Å². The first-order valence-corrected chi connectivity index (χ1v) is 8.05. The van der Waals surface area contributed by atoms with Crippen LogP contribution in [0.1, 0.15) is 46.9 Å². The number of para-hydroxylation sites is 2. The minimum Gasteiger partial charge on any atom is -0.358 e. The lowest BCUT2D eigenvalue weighted by Crippen LogP contribution is -2.49. The Morgan fingerprint density at radius 3 is 2.50 bits per heavy atom. The summed E-state index contributed by atoms with van der Waals surface area (Å²) >= 11 is 5.41. The highest BCUT2D eigenvalue weighted by Gasteiger charge is 2.25. The molecule has 0 amide bonds. The van der Waals surface area contributed by atoms with E-state index in [9.17, 15) is 0 Å². The third kappa shape index (κ3) is 4.98. The molecular formula is C17H26N4S. The topological polar surface area (TPSA) is 52.7 Å². The number of H-pyrrole nitrogens is 1. The van der Waals surface area contributed by atoms with Gasteiger partial charge in [-0.15, -0.1) is 0 Å². The van der Waals surface area contributed by atoms with Crippen molar-refractivity contribution in [3.8, 4) is 0 Å². The molecule has 0 bridgehead atoms. The molecule has 0 aliphatic rings. The maximum Gasteiger partial charge on any atom is 0.167 e. The van der Waals surface area contributed by atoms with Crippen molar-refractivity contribution in [1.29, 1.82) is 0 Å². The first-order valence-electron chi connectivity index (χ1n) is 7.64. The number of aromatic amines is 1. The molecule has 120 valence electrons. The van der Waals surface area contributed by atoms with Gasteiger partial charge in [-0.3, -0.25) is 0 Å². The van der Waals surface area contributed by atoms with Crippen LogP contribution >= 0.6 is 12.2 Å². The molecule has 5 heteroatoms. The number of imidazole rings is 1. The third-order valence-corrected chi connectivity index (χ3v) is 3.53. The minimum atomic E-state index is -0.0454. The van der Waals surface area contributed by atoms with E-state index in [1.165, 1.54) is 0 Å². The van der Waals surface area contributed by atoms with Gasteiger partial charge in [0.2, 0.25) is 0 Å². The van der Waals surface area contributed by atoms with E-state index < -0.39 is 0 Å². The van der Waals surface area contributed by atoms with Crippen molar-refractivity contribution in [3.05, 3.63) is 30.1 Å². The Morgan fingerprint density at radius 2 is 1.86 bits per heavy atom. The quantitative estimate of drug-likeness (QED) is 0.752. The zero-order valence-corrected chi connectivity index (χ0v) is 14.9. The molecule has 0 fully saturated rings. The first-order chi connectivity index (χ1) is 10.1. The van der Waals surface area contributed by atoms with Crippen LogP contribution in [-0.4, -0.2) is 20.6 Å². The second-order valence-electron chi connectivity index (χ2n) is 7.63. The Hall–Kier alpha value is -1.62. The molecule has 0 aliphatic carbocycles. The predicted octanol–water partition coefficient (Wildman–Crippen LogP) is 3.74. The van der Waals surface area contributed by atoms with Gasteiger partial charge in [-0.25, -0.2) is 4.98 Å². The van der Waals surface area contributed by atoms with Crippen LogP contribution in [0.5, 0.6) is 0 Å². The number of thiocarbonyl (C=S) groups is 1. The Kier molecular flexibility index (Phi) is 4.75. The van der Waals surface area contributed by atoms with Crippen molar-refractivity contribution in [2.24, 2.45) is 5.41 Å². The summed E-state index contributed by atoms with van der Waals surface area (Å²) in [6.07, 6.45) is 1.03. The van der Waals surface area contributed by atoms with Crippen molar-refractivity contribution in [2.75, 3.05) is 0 Å². The highest BCUT2D eigenvalue weighted by Crippen LogP contribution is 2.26. The van der Waals surface area contributed by atoms with Crippen molar-refractivity contribution < 1.29 is 0 Å². The van der Waals surface area contributed by atoms with E-state index >= 15 is 0 Å². The van der Waals surface area contributed by atoms with Gasteiger partial charge < -0.3 is 15.6 Å². The van der Waals surface area contributed by atoms with Crippen LogP contribution in [0.15, 0.2) is 24.3 Å². The van der Waals surface area contributed by atoms with Crippen molar-refractivity contribution in [3.63, 3.8) is 0 Å². The van der Waals surface area contributed by atoms with Gasteiger partial charge in [0.25, 0.3) is 0 Å².